The molecule has 0 amide bonds. The Morgan fingerprint density at radius 2 is 2.11 bits per heavy atom. The number of sulfonamides is 1. The second-order valence-corrected chi connectivity index (χ2v) is 6.45. The van der Waals surface area contributed by atoms with Crippen molar-refractivity contribution in [1.29, 1.82) is 0 Å². The lowest BCUT2D eigenvalue weighted by Gasteiger charge is -2.20. The molecule has 0 saturated carbocycles. The second kappa shape index (κ2) is 4.75. The van der Waals surface area contributed by atoms with E-state index in [1.54, 1.807) is 17.2 Å². The lowest BCUT2D eigenvalue weighted by atomic mass is 10.2. The minimum Gasteiger partial charge on any atom is -0.397 e. The number of hydrogen-bond acceptors (Lipinski definition) is 5. The molecular weight excluding hydrogens is 254 g/mol. The summed E-state index contributed by atoms with van der Waals surface area (Å²) in [6.45, 7) is 1.35. The van der Waals surface area contributed by atoms with Gasteiger partial charge in [-0.05, 0) is 24.6 Å². The van der Waals surface area contributed by atoms with E-state index in [9.17, 15) is 8.42 Å². The van der Waals surface area contributed by atoms with Gasteiger partial charge in [-0.15, -0.1) is 0 Å². The first kappa shape index (κ1) is 13.1. The fraction of sp³-hybridized carbons (Fsp3) is 0.455. The lowest BCUT2D eigenvalue weighted by Crippen LogP contribution is -2.23. The van der Waals surface area contributed by atoms with Crippen molar-refractivity contribution in [2.24, 2.45) is 0 Å². The number of hydrogen-bond donors (Lipinski definition) is 1. The molecule has 0 atom stereocenters. The van der Waals surface area contributed by atoms with E-state index in [2.05, 4.69) is 0 Å². The molecule has 0 aromatic heterocycles. The van der Waals surface area contributed by atoms with E-state index in [4.69, 9.17) is 10.6 Å². The quantitative estimate of drug-likeness (QED) is 0.817. The molecule has 6 nitrogen and oxygen atoms in total. The van der Waals surface area contributed by atoms with Crippen molar-refractivity contribution in [3.8, 4) is 0 Å². The van der Waals surface area contributed by atoms with Gasteiger partial charge in [-0.1, -0.05) is 0 Å². The molecule has 1 aromatic carbocycles. The van der Waals surface area contributed by atoms with Crippen LogP contribution in [0.4, 0.5) is 11.4 Å². The van der Waals surface area contributed by atoms with Crippen LogP contribution in [-0.2, 0) is 14.9 Å². The normalized spacial score (nSPS) is 16.5. The van der Waals surface area contributed by atoms with Gasteiger partial charge in [0.05, 0.1) is 22.9 Å². The number of nitrogens with two attached hydrogens (primary N) is 1. The second-order valence-electron chi connectivity index (χ2n) is 4.30. The molecule has 100 valence electrons. The zero-order valence-electron chi connectivity index (χ0n) is 10.5. The number of nitrogen functional groups attached to an aromatic ring is 1. The highest BCUT2D eigenvalue weighted by atomic mass is 32.2. The van der Waals surface area contributed by atoms with Crippen LogP contribution in [0.2, 0.25) is 0 Å². The minimum atomic E-state index is -3.45. The maximum atomic E-state index is 12.0. The standard InChI is InChI=1S/C11H17N3O3S/c1-13(2)18(15,16)9-4-5-10(12)11(8-9)14-6-3-7-17-14/h4-5,8H,3,6-7,12H2,1-2H3. The van der Waals surface area contributed by atoms with Crippen molar-refractivity contribution >= 4 is 21.4 Å². The maximum Gasteiger partial charge on any atom is 0.242 e. The molecule has 1 aromatic rings. The van der Waals surface area contributed by atoms with E-state index in [1.165, 1.54) is 24.5 Å². The number of rotatable bonds is 3. The van der Waals surface area contributed by atoms with Crippen molar-refractivity contribution in [2.45, 2.75) is 11.3 Å². The van der Waals surface area contributed by atoms with Gasteiger partial charge in [0.15, 0.2) is 0 Å². The van der Waals surface area contributed by atoms with Gasteiger partial charge in [-0.25, -0.2) is 12.7 Å². The third kappa shape index (κ3) is 2.29. The van der Waals surface area contributed by atoms with Gasteiger partial charge in [-0.2, -0.15) is 0 Å². The summed E-state index contributed by atoms with van der Waals surface area (Å²) in [5.41, 5.74) is 6.97. The van der Waals surface area contributed by atoms with Crippen LogP contribution in [0.5, 0.6) is 0 Å². The van der Waals surface area contributed by atoms with Crippen molar-refractivity contribution in [2.75, 3.05) is 38.0 Å². The maximum absolute atomic E-state index is 12.0. The fourth-order valence-electron chi connectivity index (χ4n) is 1.75. The molecule has 0 aliphatic carbocycles. The van der Waals surface area contributed by atoms with Crippen LogP contribution in [0.25, 0.3) is 0 Å². The predicted molar refractivity (Wildman–Crippen MR) is 69.6 cm³/mol. The monoisotopic (exact) mass is 271 g/mol. The van der Waals surface area contributed by atoms with E-state index < -0.39 is 10.0 Å². The minimum absolute atomic E-state index is 0.215. The first-order valence-corrected chi connectivity index (χ1v) is 7.09. The fourth-order valence-corrected chi connectivity index (χ4v) is 2.67. The van der Waals surface area contributed by atoms with E-state index in [1.807, 2.05) is 0 Å². The average Bonchev–Trinajstić information content (AvgIpc) is 2.82. The van der Waals surface area contributed by atoms with Gasteiger partial charge in [-0.3, -0.25) is 9.90 Å². The van der Waals surface area contributed by atoms with E-state index in [0.717, 1.165) is 13.0 Å². The molecule has 1 aliphatic heterocycles. The Labute approximate surface area is 107 Å². The summed E-state index contributed by atoms with van der Waals surface area (Å²) >= 11 is 0. The van der Waals surface area contributed by atoms with Crippen LogP contribution in [0.15, 0.2) is 23.1 Å². The van der Waals surface area contributed by atoms with E-state index in [-0.39, 0.29) is 4.90 Å². The van der Waals surface area contributed by atoms with Crippen LogP contribution < -0.4 is 10.8 Å². The summed E-state index contributed by atoms with van der Waals surface area (Å²) in [6, 6.07) is 4.65. The molecule has 0 spiro atoms. The van der Waals surface area contributed by atoms with Crippen LogP contribution in [0.1, 0.15) is 6.42 Å². The molecular formula is C11H17N3O3S. The number of hydroxylamine groups is 1. The highest BCUT2D eigenvalue weighted by molar-refractivity contribution is 7.89. The molecule has 0 unspecified atom stereocenters. The van der Waals surface area contributed by atoms with Crippen molar-refractivity contribution in [3.05, 3.63) is 18.2 Å². The first-order chi connectivity index (χ1) is 8.43. The van der Waals surface area contributed by atoms with Gasteiger partial charge in [0, 0.05) is 20.6 Å². The zero-order chi connectivity index (χ0) is 13.3. The number of anilines is 2. The van der Waals surface area contributed by atoms with Crippen LogP contribution in [0, 0.1) is 0 Å². The molecule has 18 heavy (non-hydrogen) atoms. The Kier molecular flexibility index (Phi) is 3.47. The third-order valence-corrected chi connectivity index (χ3v) is 4.61. The molecule has 1 fully saturated rings. The largest absolute Gasteiger partial charge is 0.397 e. The summed E-state index contributed by atoms with van der Waals surface area (Å²) in [7, 11) is -0.455. The molecule has 2 rings (SSSR count). The molecule has 1 heterocycles. The lowest BCUT2D eigenvalue weighted by molar-refractivity contribution is 0.168. The Morgan fingerprint density at radius 3 is 2.67 bits per heavy atom. The van der Waals surface area contributed by atoms with Gasteiger partial charge in [0.25, 0.3) is 0 Å². The summed E-state index contributed by atoms with van der Waals surface area (Å²) < 4.78 is 25.2. The molecule has 0 bridgehead atoms. The molecule has 7 heteroatoms. The molecule has 0 radical (unpaired) electrons. The summed E-state index contributed by atoms with van der Waals surface area (Å²) in [5, 5.41) is 1.64. The number of nitrogens with zero attached hydrogens (tertiary/aromatic N) is 2. The van der Waals surface area contributed by atoms with Gasteiger partial charge >= 0.3 is 0 Å². The van der Waals surface area contributed by atoms with Crippen molar-refractivity contribution in [3.63, 3.8) is 0 Å². The SMILES string of the molecule is CN(C)S(=O)(=O)c1ccc(N)c(N2CCCO2)c1. The van der Waals surface area contributed by atoms with Gasteiger partial charge in [0.2, 0.25) is 10.0 Å². The Balaban J connectivity index is 2.44. The Hall–Kier alpha value is -1.31. The molecule has 1 aliphatic rings. The van der Waals surface area contributed by atoms with Crippen molar-refractivity contribution in [1.82, 2.24) is 4.31 Å². The topological polar surface area (TPSA) is 75.9 Å². The third-order valence-electron chi connectivity index (χ3n) is 2.80. The van der Waals surface area contributed by atoms with E-state index in [0.29, 0.717) is 18.0 Å². The Morgan fingerprint density at radius 1 is 1.39 bits per heavy atom. The summed E-state index contributed by atoms with van der Waals surface area (Å²) in [4.78, 5) is 5.61. The highest BCUT2D eigenvalue weighted by Gasteiger charge is 2.22. The average molecular weight is 271 g/mol. The molecule has 2 N–H and O–H groups in total. The molecule has 1 saturated heterocycles. The predicted octanol–water partition coefficient (Wildman–Crippen LogP) is 0.661. The van der Waals surface area contributed by atoms with Gasteiger partial charge < -0.3 is 5.73 Å². The van der Waals surface area contributed by atoms with Crippen LogP contribution in [0.3, 0.4) is 0 Å². The smallest absolute Gasteiger partial charge is 0.242 e. The van der Waals surface area contributed by atoms with Gasteiger partial charge in [0.1, 0.15) is 0 Å². The summed E-state index contributed by atoms with van der Waals surface area (Å²) in [5.74, 6) is 0. The first-order valence-electron chi connectivity index (χ1n) is 5.65. The Bertz CT molecular complexity index is 536. The van der Waals surface area contributed by atoms with Crippen molar-refractivity contribution < 1.29 is 13.3 Å². The van der Waals surface area contributed by atoms with Crippen LogP contribution in [-0.4, -0.2) is 40.0 Å². The highest BCUT2D eigenvalue weighted by Crippen LogP contribution is 2.29. The summed E-state index contributed by atoms with van der Waals surface area (Å²) in [6.07, 6.45) is 0.907. The van der Waals surface area contributed by atoms with Crippen LogP contribution >= 0.6 is 0 Å². The van der Waals surface area contributed by atoms with E-state index >= 15 is 0 Å². The zero-order valence-corrected chi connectivity index (χ0v) is 11.3. The number of benzene rings is 1.